The summed E-state index contributed by atoms with van der Waals surface area (Å²) in [6.45, 7) is 3.16. The van der Waals surface area contributed by atoms with Crippen molar-refractivity contribution in [2.75, 3.05) is 17.7 Å². The number of carbonyl (C=O) groups is 1. The lowest BCUT2D eigenvalue weighted by Crippen LogP contribution is -2.49. The summed E-state index contributed by atoms with van der Waals surface area (Å²) < 4.78 is 23.7. The van der Waals surface area contributed by atoms with Crippen molar-refractivity contribution in [2.24, 2.45) is 16.6 Å². The number of nitrogens with one attached hydrogen (secondary N) is 1. The molecule has 3 N–H and O–H groups in total. The van der Waals surface area contributed by atoms with Gasteiger partial charge in [0.2, 0.25) is 5.89 Å². The molecule has 2 aliphatic heterocycles. The number of anilines is 1. The maximum absolute atomic E-state index is 12.7. The highest BCUT2D eigenvalue weighted by Gasteiger charge is 2.49. The first-order valence-electron chi connectivity index (χ1n) is 8.80. The zero-order chi connectivity index (χ0) is 19.9. The van der Waals surface area contributed by atoms with E-state index in [-0.39, 0.29) is 29.4 Å². The van der Waals surface area contributed by atoms with Gasteiger partial charge in [0.1, 0.15) is 22.1 Å². The Morgan fingerprint density at radius 1 is 1.50 bits per heavy atom. The van der Waals surface area contributed by atoms with Gasteiger partial charge in [0.05, 0.1) is 12.7 Å². The number of fused-ring (bicyclic) bond motifs is 1. The van der Waals surface area contributed by atoms with Crippen LogP contribution in [0.2, 0.25) is 0 Å². The lowest BCUT2D eigenvalue weighted by molar-refractivity contribution is -0.0466. The van der Waals surface area contributed by atoms with Crippen LogP contribution in [0.3, 0.4) is 0 Å². The Hall–Kier alpha value is -1.98. The van der Waals surface area contributed by atoms with Crippen molar-refractivity contribution in [2.45, 2.75) is 38.6 Å². The van der Waals surface area contributed by atoms with E-state index in [1.165, 1.54) is 11.3 Å². The zero-order valence-corrected chi connectivity index (χ0v) is 17.0. The number of aromatic nitrogens is 2. The lowest BCUT2D eigenvalue weighted by atomic mass is 9.80. The lowest BCUT2D eigenvalue weighted by Gasteiger charge is -2.44. The van der Waals surface area contributed by atoms with Gasteiger partial charge in [0.25, 0.3) is 5.91 Å². The van der Waals surface area contributed by atoms with Crippen LogP contribution >= 0.6 is 23.1 Å². The minimum absolute atomic E-state index is 0.0457. The number of halogens is 1. The van der Waals surface area contributed by atoms with Crippen LogP contribution in [0.1, 0.15) is 40.5 Å². The van der Waals surface area contributed by atoms with Gasteiger partial charge < -0.3 is 20.2 Å². The fraction of sp³-hybridized carbons (Fsp3) is 0.529. The van der Waals surface area contributed by atoms with Gasteiger partial charge in [-0.25, -0.2) is 19.4 Å². The van der Waals surface area contributed by atoms with Gasteiger partial charge >= 0.3 is 0 Å². The number of hydrogen-bond donors (Lipinski definition) is 2. The number of thiazole rings is 1. The van der Waals surface area contributed by atoms with Crippen LogP contribution in [0.15, 0.2) is 14.8 Å². The Kier molecular flexibility index (Phi) is 5.15. The number of amides is 1. The van der Waals surface area contributed by atoms with Gasteiger partial charge in [-0.3, -0.25) is 4.79 Å². The van der Waals surface area contributed by atoms with Crippen LogP contribution in [-0.2, 0) is 17.0 Å². The number of rotatable bonds is 4. The largest absolute Gasteiger partial charge is 0.442 e. The van der Waals surface area contributed by atoms with Gasteiger partial charge in [-0.05, 0) is 20.3 Å². The van der Waals surface area contributed by atoms with Crippen LogP contribution in [0, 0.1) is 12.8 Å². The fourth-order valence-corrected chi connectivity index (χ4v) is 5.48. The predicted molar refractivity (Wildman–Crippen MR) is 105 cm³/mol. The number of alkyl halides is 1. The normalized spacial score (nSPS) is 27.2. The predicted octanol–water partition coefficient (Wildman–Crippen LogP) is 2.84. The third-order valence-corrected chi connectivity index (χ3v) is 6.87. The molecule has 0 spiro atoms. The van der Waals surface area contributed by atoms with Crippen molar-refractivity contribution in [3.05, 3.63) is 27.7 Å². The Morgan fingerprint density at radius 3 is 3.07 bits per heavy atom. The van der Waals surface area contributed by atoms with E-state index in [0.29, 0.717) is 17.6 Å². The molecule has 2 aromatic heterocycles. The van der Waals surface area contributed by atoms with E-state index in [0.717, 1.165) is 17.2 Å². The van der Waals surface area contributed by atoms with E-state index in [1.807, 2.05) is 0 Å². The van der Waals surface area contributed by atoms with Gasteiger partial charge in [-0.2, -0.15) is 0 Å². The van der Waals surface area contributed by atoms with E-state index in [2.05, 4.69) is 22.2 Å². The van der Waals surface area contributed by atoms with E-state index in [9.17, 15) is 9.18 Å². The summed E-state index contributed by atoms with van der Waals surface area (Å²) in [6.07, 6.45) is 1.03. The molecule has 11 heteroatoms. The first-order valence-corrected chi connectivity index (χ1v) is 10.7. The number of nitrogens with two attached hydrogens (primary N) is 1. The molecule has 8 nitrogen and oxygen atoms in total. The molecule has 3 atom stereocenters. The maximum atomic E-state index is 12.7. The van der Waals surface area contributed by atoms with Crippen LogP contribution in [0.4, 0.5) is 10.2 Å². The summed E-state index contributed by atoms with van der Waals surface area (Å²) in [6, 6.07) is 0. The summed E-state index contributed by atoms with van der Waals surface area (Å²) in [5, 5.41) is 5.72. The summed E-state index contributed by atoms with van der Waals surface area (Å²) in [5.41, 5.74) is 5.43. The second-order valence-electron chi connectivity index (χ2n) is 6.88. The van der Waals surface area contributed by atoms with E-state index in [4.69, 9.17) is 19.9 Å². The summed E-state index contributed by atoms with van der Waals surface area (Å²) in [4.78, 5) is 25.6. The number of carbonyl (C=O) groups excluding carboxylic acids is 1. The van der Waals surface area contributed by atoms with E-state index < -0.39 is 18.1 Å². The Morgan fingerprint density at radius 2 is 2.32 bits per heavy atom. The molecule has 150 valence electrons. The quantitative estimate of drug-likeness (QED) is 0.774. The molecular formula is C17H20FN5O3S2. The van der Waals surface area contributed by atoms with Gasteiger partial charge in [0, 0.05) is 17.1 Å². The highest BCUT2D eigenvalue weighted by atomic mass is 32.2. The average molecular weight is 426 g/mol. The van der Waals surface area contributed by atoms with Crippen LogP contribution < -0.4 is 11.1 Å². The smallest absolute Gasteiger partial charge is 0.279 e. The number of aliphatic imine (C=N–C) groups is 1. The van der Waals surface area contributed by atoms with Crippen molar-refractivity contribution < 1.29 is 18.3 Å². The number of aryl methyl sites for hydroxylation is 1. The number of thioether (sulfide) groups is 1. The van der Waals surface area contributed by atoms with Crippen LogP contribution in [-0.4, -0.2) is 39.5 Å². The fourth-order valence-electron chi connectivity index (χ4n) is 3.50. The molecule has 2 aromatic rings. The molecule has 1 saturated heterocycles. The van der Waals surface area contributed by atoms with Crippen LogP contribution in [0.5, 0.6) is 0 Å². The molecule has 1 amide bonds. The molecule has 0 unspecified atom stereocenters. The number of hydrogen-bond acceptors (Lipinski definition) is 9. The minimum Gasteiger partial charge on any atom is -0.442 e. The van der Waals surface area contributed by atoms with Crippen LogP contribution in [0.25, 0.3) is 0 Å². The summed E-state index contributed by atoms with van der Waals surface area (Å²) >= 11 is 2.96. The molecular weight excluding hydrogens is 405 g/mol. The maximum Gasteiger partial charge on any atom is 0.279 e. The number of amidine groups is 1. The van der Waals surface area contributed by atoms with Gasteiger partial charge in [-0.1, -0.05) is 11.8 Å². The summed E-state index contributed by atoms with van der Waals surface area (Å²) in [5.74, 6) is 1.13. The standard InChI is InChI=1S/C17H20FN5O3S2/c1-8-3-10-5-28-16(19)23-17(10,7-25-8)15-21-11(6-27-15)20-14(24)13-9(2)26-12(4-18)22-13/h6,8,10H,3-5,7H2,1-2H3,(H2,19,23)(H,20,24)/t8-,10-,17-/m0/s1. The Bertz CT molecular complexity index is 930. The molecule has 4 rings (SSSR count). The highest BCUT2D eigenvalue weighted by molar-refractivity contribution is 8.13. The van der Waals surface area contributed by atoms with Gasteiger partial charge in [0.15, 0.2) is 17.5 Å². The molecule has 4 heterocycles. The molecule has 28 heavy (non-hydrogen) atoms. The van der Waals surface area contributed by atoms with Crippen molar-refractivity contribution >= 4 is 40.0 Å². The van der Waals surface area contributed by atoms with Crippen molar-refractivity contribution in [1.82, 2.24) is 9.97 Å². The van der Waals surface area contributed by atoms with E-state index in [1.54, 1.807) is 24.1 Å². The second-order valence-corrected chi connectivity index (χ2v) is 8.78. The molecule has 1 fully saturated rings. The third kappa shape index (κ3) is 3.42. The first-order chi connectivity index (χ1) is 13.4. The first kappa shape index (κ1) is 19.3. The molecule has 0 bridgehead atoms. The zero-order valence-electron chi connectivity index (χ0n) is 15.4. The number of ether oxygens (including phenoxy) is 1. The third-order valence-electron chi connectivity index (χ3n) is 4.91. The minimum atomic E-state index is -0.866. The average Bonchev–Trinajstić information content (AvgIpc) is 3.28. The van der Waals surface area contributed by atoms with Crippen molar-refractivity contribution in [3.8, 4) is 0 Å². The SMILES string of the molecule is Cc1oc(CF)nc1C(=O)Nc1csc([C@]23CO[C@@H](C)C[C@H]2CSC(N)=N3)n1. The Balaban J connectivity index is 1.59. The van der Waals surface area contributed by atoms with Gasteiger partial charge in [-0.15, -0.1) is 11.3 Å². The molecule has 0 saturated carbocycles. The highest BCUT2D eigenvalue weighted by Crippen LogP contribution is 2.47. The van der Waals surface area contributed by atoms with Crippen molar-refractivity contribution in [1.29, 1.82) is 0 Å². The molecule has 2 aliphatic rings. The molecule has 0 aliphatic carbocycles. The number of oxazole rings is 1. The summed E-state index contributed by atoms with van der Waals surface area (Å²) in [7, 11) is 0. The number of nitrogens with zero attached hydrogens (tertiary/aromatic N) is 3. The topological polar surface area (TPSA) is 116 Å². The van der Waals surface area contributed by atoms with E-state index >= 15 is 0 Å². The monoisotopic (exact) mass is 425 g/mol. The second kappa shape index (κ2) is 7.45. The van der Waals surface area contributed by atoms with Crippen molar-refractivity contribution in [3.63, 3.8) is 0 Å². The molecule has 0 radical (unpaired) electrons. The Labute approximate surface area is 169 Å². The molecule has 0 aromatic carbocycles.